The Morgan fingerprint density at radius 2 is 2.00 bits per heavy atom. The van der Waals surface area contributed by atoms with E-state index in [2.05, 4.69) is 5.32 Å². The first-order valence-electron chi connectivity index (χ1n) is 8.88. The summed E-state index contributed by atoms with van der Waals surface area (Å²) in [7, 11) is 1.38. The molecule has 146 valence electrons. The Hall–Kier alpha value is -3.42. The molecule has 2 amide bonds. The highest BCUT2D eigenvalue weighted by atomic mass is 16.6. The average Bonchev–Trinajstić information content (AvgIpc) is 3.09. The first kappa shape index (κ1) is 19.3. The number of nitrogens with zero attached hydrogens (tertiary/aromatic N) is 2. The third kappa shape index (κ3) is 3.95. The molecule has 28 heavy (non-hydrogen) atoms. The van der Waals surface area contributed by atoms with Crippen LogP contribution in [-0.2, 0) is 9.59 Å². The van der Waals surface area contributed by atoms with Gasteiger partial charge in [0.25, 0.3) is 5.69 Å². The van der Waals surface area contributed by atoms with E-state index in [0.717, 1.165) is 5.56 Å². The Labute approximate surface area is 162 Å². The molecule has 1 saturated heterocycles. The molecule has 0 bridgehead atoms. The van der Waals surface area contributed by atoms with Crippen LogP contribution in [0.3, 0.4) is 0 Å². The summed E-state index contributed by atoms with van der Waals surface area (Å²) in [4.78, 5) is 37.0. The van der Waals surface area contributed by atoms with E-state index in [-0.39, 0.29) is 42.3 Å². The number of anilines is 1. The third-order valence-electron chi connectivity index (χ3n) is 4.82. The molecular formula is C20H21N3O5. The molecule has 0 unspecified atom stereocenters. The van der Waals surface area contributed by atoms with E-state index in [1.807, 2.05) is 37.3 Å². The summed E-state index contributed by atoms with van der Waals surface area (Å²) in [5.74, 6) is -0.701. The van der Waals surface area contributed by atoms with Gasteiger partial charge < -0.3 is 15.0 Å². The van der Waals surface area contributed by atoms with E-state index in [0.29, 0.717) is 5.69 Å². The molecule has 0 aliphatic carbocycles. The number of rotatable bonds is 6. The number of benzene rings is 2. The number of nitro groups is 1. The van der Waals surface area contributed by atoms with Gasteiger partial charge in [-0.1, -0.05) is 30.3 Å². The quantitative estimate of drug-likeness (QED) is 0.610. The lowest BCUT2D eigenvalue weighted by Gasteiger charge is -2.20. The molecule has 0 spiro atoms. The Bertz CT molecular complexity index is 900. The molecule has 3 rings (SSSR count). The molecule has 2 aromatic rings. The minimum absolute atomic E-state index is 0.0769. The molecule has 1 fully saturated rings. The normalized spacial score (nSPS) is 17.3. The highest BCUT2D eigenvalue weighted by Gasteiger charge is 2.37. The minimum Gasteiger partial charge on any atom is -0.494 e. The summed E-state index contributed by atoms with van der Waals surface area (Å²) in [5.41, 5.74) is 1.27. The molecule has 1 aliphatic rings. The van der Waals surface area contributed by atoms with Crippen LogP contribution in [0.5, 0.6) is 5.75 Å². The van der Waals surface area contributed by atoms with E-state index in [4.69, 9.17) is 4.74 Å². The Kier molecular flexibility index (Phi) is 5.58. The van der Waals surface area contributed by atoms with Crippen molar-refractivity contribution in [2.75, 3.05) is 18.6 Å². The van der Waals surface area contributed by atoms with Gasteiger partial charge in [0, 0.05) is 19.0 Å². The van der Waals surface area contributed by atoms with E-state index in [1.54, 1.807) is 0 Å². The molecule has 1 heterocycles. The van der Waals surface area contributed by atoms with Gasteiger partial charge in [-0.2, -0.15) is 0 Å². The molecule has 1 aliphatic heterocycles. The number of amides is 2. The lowest BCUT2D eigenvalue weighted by atomic mass is 10.1. The smallest absolute Gasteiger partial charge is 0.273 e. The molecule has 0 saturated carbocycles. The summed E-state index contributed by atoms with van der Waals surface area (Å²) in [6.45, 7) is 2.08. The first-order chi connectivity index (χ1) is 13.4. The zero-order valence-electron chi connectivity index (χ0n) is 15.6. The van der Waals surface area contributed by atoms with E-state index in [9.17, 15) is 19.7 Å². The van der Waals surface area contributed by atoms with E-state index in [1.165, 1.54) is 30.2 Å². The lowest BCUT2D eigenvalue weighted by Crippen LogP contribution is -2.34. The number of hydrogen-bond acceptors (Lipinski definition) is 5. The molecule has 1 N–H and O–H groups in total. The Morgan fingerprint density at radius 1 is 1.29 bits per heavy atom. The molecule has 8 heteroatoms. The molecule has 0 aromatic heterocycles. The van der Waals surface area contributed by atoms with Crippen molar-refractivity contribution < 1.29 is 19.2 Å². The zero-order valence-corrected chi connectivity index (χ0v) is 15.6. The number of nitrogens with one attached hydrogen (secondary N) is 1. The summed E-state index contributed by atoms with van der Waals surface area (Å²) in [6.07, 6.45) is 0.0769. The maximum Gasteiger partial charge on any atom is 0.273 e. The third-order valence-corrected chi connectivity index (χ3v) is 4.82. The Morgan fingerprint density at radius 3 is 2.64 bits per heavy atom. The highest BCUT2D eigenvalue weighted by Crippen LogP contribution is 2.35. The fourth-order valence-corrected chi connectivity index (χ4v) is 3.28. The fourth-order valence-electron chi connectivity index (χ4n) is 3.28. The van der Waals surface area contributed by atoms with Crippen molar-refractivity contribution in [3.05, 3.63) is 64.2 Å². The number of ether oxygens (including phenoxy) is 1. The van der Waals surface area contributed by atoms with Crippen LogP contribution in [0.1, 0.15) is 24.9 Å². The van der Waals surface area contributed by atoms with Crippen molar-refractivity contribution in [1.82, 2.24) is 5.32 Å². The maximum atomic E-state index is 12.6. The minimum atomic E-state index is -0.528. The van der Waals surface area contributed by atoms with Gasteiger partial charge in [0.1, 0.15) is 5.75 Å². The molecule has 2 aromatic carbocycles. The second-order valence-electron chi connectivity index (χ2n) is 6.66. The van der Waals surface area contributed by atoms with Gasteiger partial charge in [0.2, 0.25) is 11.8 Å². The highest BCUT2D eigenvalue weighted by molar-refractivity contribution is 6.01. The maximum absolute atomic E-state index is 12.6. The predicted octanol–water partition coefficient (Wildman–Crippen LogP) is 2.83. The summed E-state index contributed by atoms with van der Waals surface area (Å²) in [6, 6.07) is 13.5. The van der Waals surface area contributed by atoms with Gasteiger partial charge in [-0.3, -0.25) is 19.7 Å². The van der Waals surface area contributed by atoms with Crippen LogP contribution in [-0.4, -0.2) is 30.4 Å². The van der Waals surface area contributed by atoms with Crippen molar-refractivity contribution in [3.8, 4) is 5.75 Å². The van der Waals surface area contributed by atoms with Crippen molar-refractivity contribution in [2.24, 2.45) is 5.92 Å². The second kappa shape index (κ2) is 8.08. The van der Waals surface area contributed by atoms with Crippen molar-refractivity contribution in [3.63, 3.8) is 0 Å². The lowest BCUT2D eigenvalue weighted by molar-refractivity contribution is -0.384. The molecule has 0 radical (unpaired) electrons. The number of non-ortho nitro benzene ring substituents is 1. The SMILES string of the molecule is COc1cc([N+](=O)[O-])ccc1N1C[C@H](C(=O)N[C@@H](C)c2ccccc2)CC1=O. The van der Waals surface area contributed by atoms with E-state index < -0.39 is 10.8 Å². The average molecular weight is 383 g/mol. The van der Waals surface area contributed by atoms with Gasteiger partial charge in [0.05, 0.1) is 35.7 Å². The van der Waals surface area contributed by atoms with Gasteiger partial charge in [-0.15, -0.1) is 0 Å². The molecular weight excluding hydrogens is 362 g/mol. The van der Waals surface area contributed by atoms with Crippen LogP contribution in [0.4, 0.5) is 11.4 Å². The monoisotopic (exact) mass is 383 g/mol. The van der Waals surface area contributed by atoms with Crippen molar-refractivity contribution in [1.29, 1.82) is 0 Å². The number of hydrogen-bond donors (Lipinski definition) is 1. The summed E-state index contributed by atoms with van der Waals surface area (Å²) in [5, 5.41) is 13.9. The number of nitro benzene ring substituents is 1. The molecule has 8 nitrogen and oxygen atoms in total. The van der Waals surface area contributed by atoms with Crippen LogP contribution in [0.2, 0.25) is 0 Å². The summed E-state index contributed by atoms with van der Waals surface area (Å²) >= 11 is 0. The van der Waals surface area contributed by atoms with Crippen molar-refractivity contribution in [2.45, 2.75) is 19.4 Å². The van der Waals surface area contributed by atoms with Gasteiger partial charge in [-0.25, -0.2) is 0 Å². The Balaban J connectivity index is 1.73. The van der Waals surface area contributed by atoms with Gasteiger partial charge in [0.15, 0.2) is 0 Å². The number of carbonyl (C=O) groups is 2. The molecule has 2 atom stereocenters. The van der Waals surface area contributed by atoms with Crippen LogP contribution < -0.4 is 15.0 Å². The predicted molar refractivity (Wildman–Crippen MR) is 103 cm³/mol. The number of carbonyl (C=O) groups excluding carboxylic acids is 2. The topological polar surface area (TPSA) is 102 Å². The van der Waals surface area contributed by atoms with E-state index >= 15 is 0 Å². The number of methoxy groups -OCH3 is 1. The zero-order chi connectivity index (χ0) is 20.3. The van der Waals surface area contributed by atoms with Gasteiger partial charge in [-0.05, 0) is 18.6 Å². The van der Waals surface area contributed by atoms with Crippen molar-refractivity contribution >= 4 is 23.2 Å². The van der Waals surface area contributed by atoms with Gasteiger partial charge >= 0.3 is 0 Å². The van der Waals surface area contributed by atoms with Crippen LogP contribution in [0.25, 0.3) is 0 Å². The fraction of sp³-hybridized carbons (Fsp3) is 0.300. The summed E-state index contributed by atoms with van der Waals surface area (Å²) < 4.78 is 5.22. The van der Waals surface area contributed by atoms with Crippen LogP contribution >= 0.6 is 0 Å². The largest absolute Gasteiger partial charge is 0.494 e. The standard InChI is InChI=1S/C20H21N3O5/c1-13(14-6-4-3-5-7-14)21-20(25)15-10-19(24)22(12-15)17-9-8-16(23(26)27)11-18(17)28-2/h3-9,11,13,15H,10,12H2,1-2H3,(H,21,25)/t13-,15+/m0/s1. The van der Waals surface area contributed by atoms with Crippen LogP contribution in [0.15, 0.2) is 48.5 Å². The first-order valence-corrected chi connectivity index (χ1v) is 8.88. The second-order valence-corrected chi connectivity index (χ2v) is 6.66. The van der Waals surface area contributed by atoms with Crippen LogP contribution in [0, 0.1) is 16.0 Å².